The van der Waals surface area contributed by atoms with Crippen LogP contribution in [0, 0.1) is 6.92 Å². The molecule has 19 heavy (non-hydrogen) atoms. The Bertz CT molecular complexity index is 398. The molecule has 0 amide bonds. The van der Waals surface area contributed by atoms with Crippen molar-refractivity contribution in [2.75, 3.05) is 6.54 Å². The molecular weight excluding hydrogens is 258 g/mol. The van der Waals surface area contributed by atoms with Gasteiger partial charge in [-0.05, 0) is 57.9 Å². The maximum absolute atomic E-state index is 6.11. The molecule has 1 rings (SSSR count). The Labute approximate surface area is 122 Å². The minimum atomic E-state index is 0.115. The fourth-order valence-electron chi connectivity index (χ4n) is 1.87. The second-order valence-electron chi connectivity index (χ2n) is 6.07. The second-order valence-corrected chi connectivity index (χ2v) is 6.51. The van der Waals surface area contributed by atoms with Gasteiger partial charge in [0.15, 0.2) is 0 Å². The highest BCUT2D eigenvalue weighted by atomic mass is 35.5. The molecule has 0 aromatic heterocycles. The summed E-state index contributed by atoms with van der Waals surface area (Å²) in [6.45, 7) is 11.6. The molecule has 0 radical (unpaired) electrons. The summed E-state index contributed by atoms with van der Waals surface area (Å²) in [7, 11) is 0. The zero-order valence-electron chi connectivity index (χ0n) is 12.7. The van der Waals surface area contributed by atoms with Crippen LogP contribution < -0.4 is 10.1 Å². The van der Waals surface area contributed by atoms with Gasteiger partial charge in [-0.1, -0.05) is 24.9 Å². The molecule has 0 spiro atoms. The minimum Gasteiger partial charge on any atom is -0.489 e. The van der Waals surface area contributed by atoms with Crippen LogP contribution in [-0.4, -0.2) is 18.2 Å². The molecule has 0 saturated carbocycles. The van der Waals surface area contributed by atoms with Gasteiger partial charge >= 0.3 is 0 Å². The number of rotatable bonds is 6. The number of ether oxygens (including phenoxy) is 1. The first-order valence-corrected chi connectivity index (χ1v) is 7.37. The average Bonchev–Trinajstić information content (AvgIpc) is 2.28. The lowest BCUT2D eigenvalue weighted by molar-refractivity contribution is 0.174. The summed E-state index contributed by atoms with van der Waals surface area (Å²) in [6.07, 6.45) is 2.36. The lowest BCUT2D eigenvalue weighted by atomic mass is 10.1. The van der Waals surface area contributed by atoms with Gasteiger partial charge in [-0.15, -0.1) is 0 Å². The average molecular weight is 284 g/mol. The molecule has 0 heterocycles. The second kappa shape index (κ2) is 7.16. The van der Waals surface area contributed by atoms with Crippen LogP contribution in [0.15, 0.2) is 18.2 Å². The van der Waals surface area contributed by atoms with E-state index < -0.39 is 0 Å². The van der Waals surface area contributed by atoms with Crippen molar-refractivity contribution in [2.45, 2.75) is 59.1 Å². The normalized spacial score (nSPS) is 13.4. The van der Waals surface area contributed by atoms with Crippen molar-refractivity contribution in [3.05, 3.63) is 28.8 Å². The highest BCUT2D eigenvalue weighted by Gasteiger charge is 2.15. The van der Waals surface area contributed by atoms with E-state index >= 15 is 0 Å². The van der Waals surface area contributed by atoms with E-state index in [0.717, 1.165) is 35.7 Å². The predicted octanol–water partition coefficient (Wildman–Crippen LogP) is 4.58. The van der Waals surface area contributed by atoms with Crippen molar-refractivity contribution in [1.82, 2.24) is 5.32 Å². The lowest BCUT2D eigenvalue weighted by Gasteiger charge is -2.26. The van der Waals surface area contributed by atoms with Crippen LogP contribution in [0.4, 0.5) is 0 Å². The first-order valence-electron chi connectivity index (χ1n) is 6.99. The van der Waals surface area contributed by atoms with Crippen LogP contribution in [0.25, 0.3) is 0 Å². The third-order valence-corrected chi connectivity index (χ3v) is 3.14. The molecular formula is C16H26ClNO. The van der Waals surface area contributed by atoms with Gasteiger partial charge in [0.2, 0.25) is 0 Å². The minimum absolute atomic E-state index is 0.115. The van der Waals surface area contributed by atoms with E-state index in [0.29, 0.717) is 0 Å². The molecule has 1 aromatic rings. The number of halogens is 1. The summed E-state index contributed by atoms with van der Waals surface area (Å²) >= 11 is 5.97. The van der Waals surface area contributed by atoms with Crippen LogP contribution >= 0.6 is 11.6 Å². The number of benzene rings is 1. The fourth-order valence-corrected chi connectivity index (χ4v) is 2.10. The molecule has 1 N–H and O–H groups in total. The molecule has 0 aliphatic rings. The van der Waals surface area contributed by atoms with Crippen molar-refractivity contribution in [3.63, 3.8) is 0 Å². The molecule has 1 unspecified atom stereocenters. The molecule has 108 valence electrons. The Balaban J connectivity index is 2.67. The van der Waals surface area contributed by atoms with Crippen LogP contribution in [0.1, 0.15) is 46.1 Å². The van der Waals surface area contributed by atoms with E-state index in [-0.39, 0.29) is 11.6 Å². The molecule has 0 bridgehead atoms. The van der Waals surface area contributed by atoms with Gasteiger partial charge in [0.05, 0.1) is 0 Å². The number of hydrogen-bond acceptors (Lipinski definition) is 2. The van der Waals surface area contributed by atoms with Gasteiger partial charge in [-0.2, -0.15) is 0 Å². The van der Waals surface area contributed by atoms with Gasteiger partial charge in [-0.3, -0.25) is 0 Å². The van der Waals surface area contributed by atoms with E-state index in [1.807, 2.05) is 25.1 Å². The van der Waals surface area contributed by atoms with Crippen LogP contribution in [-0.2, 0) is 0 Å². The highest BCUT2D eigenvalue weighted by molar-refractivity contribution is 6.30. The first kappa shape index (κ1) is 16.3. The van der Waals surface area contributed by atoms with E-state index in [4.69, 9.17) is 16.3 Å². The fraction of sp³-hybridized carbons (Fsp3) is 0.625. The number of hydrogen-bond donors (Lipinski definition) is 1. The van der Waals surface area contributed by atoms with Gasteiger partial charge in [0, 0.05) is 17.1 Å². The van der Waals surface area contributed by atoms with E-state index in [2.05, 4.69) is 33.0 Å². The topological polar surface area (TPSA) is 21.3 Å². The predicted molar refractivity (Wildman–Crippen MR) is 83.3 cm³/mol. The van der Waals surface area contributed by atoms with Crippen LogP contribution in [0.2, 0.25) is 5.02 Å². The first-order chi connectivity index (χ1) is 8.81. The largest absolute Gasteiger partial charge is 0.489 e. The summed E-state index contributed by atoms with van der Waals surface area (Å²) in [5.41, 5.74) is 1.20. The molecule has 2 nitrogen and oxygen atoms in total. The van der Waals surface area contributed by atoms with Crippen LogP contribution in [0.5, 0.6) is 5.75 Å². The number of nitrogens with one attached hydrogen (secondary N) is 1. The zero-order chi connectivity index (χ0) is 14.5. The Morgan fingerprint density at radius 2 is 2.00 bits per heavy atom. The summed E-state index contributed by atoms with van der Waals surface area (Å²) in [6, 6.07) is 5.78. The summed E-state index contributed by atoms with van der Waals surface area (Å²) in [4.78, 5) is 0. The van der Waals surface area contributed by atoms with Gasteiger partial charge < -0.3 is 10.1 Å². The SMILES string of the molecule is CCCC(CNC(C)(C)C)Oc1ccc(Cl)cc1C. The Morgan fingerprint density at radius 1 is 1.32 bits per heavy atom. The zero-order valence-corrected chi connectivity index (χ0v) is 13.5. The third-order valence-electron chi connectivity index (χ3n) is 2.90. The van der Waals surface area contributed by atoms with Crippen molar-refractivity contribution in [3.8, 4) is 5.75 Å². The molecule has 0 aliphatic carbocycles. The van der Waals surface area contributed by atoms with Crippen molar-refractivity contribution in [2.24, 2.45) is 0 Å². The quantitative estimate of drug-likeness (QED) is 0.825. The summed E-state index contributed by atoms with van der Waals surface area (Å²) in [5, 5.41) is 4.26. The van der Waals surface area contributed by atoms with Gasteiger partial charge in [0.1, 0.15) is 11.9 Å². The Kier molecular flexibility index (Phi) is 6.15. The maximum atomic E-state index is 6.11. The monoisotopic (exact) mass is 283 g/mol. The molecule has 1 aromatic carbocycles. The molecule has 0 saturated heterocycles. The van der Waals surface area contributed by atoms with E-state index in [9.17, 15) is 0 Å². The highest BCUT2D eigenvalue weighted by Crippen LogP contribution is 2.23. The molecule has 0 aliphatic heterocycles. The molecule has 0 fully saturated rings. The molecule has 3 heteroatoms. The summed E-state index contributed by atoms with van der Waals surface area (Å²) < 4.78 is 6.11. The third kappa shape index (κ3) is 6.31. The Hall–Kier alpha value is -0.730. The smallest absolute Gasteiger partial charge is 0.122 e. The standard InChI is InChI=1S/C16H26ClNO/c1-6-7-14(11-18-16(3,4)5)19-15-9-8-13(17)10-12(15)2/h8-10,14,18H,6-7,11H2,1-5H3. The van der Waals surface area contributed by atoms with E-state index in [1.165, 1.54) is 0 Å². The lowest BCUT2D eigenvalue weighted by Crippen LogP contribution is -2.42. The Morgan fingerprint density at radius 3 is 2.53 bits per heavy atom. The van der Waals surface area contributed by atoms with Crippen molar-refractivity contribution < 1.29 is 4.74 Å². The van der Waals surface area contributed by atoms with Gasteiger partial charge in [-0.25, -0.2) is 0 Å². The number of aryl methyl sites for hydroxylation is 1. The van der Waals surface area contributed by atoms with Crippen molar-refractivity contribution in [1.29, 1.82) is 0 Å². The van der Waals surface area contributed by atoms with Crippen LogP contribution in [0.3, 0.4) is 0 Å². The summed E-state index contributed by atoms with van der Waals surface area (Å²) in [5.74, 6) is 0.929. The van der Waals surface area contributed by atoms with E-state index in [1.54, 1.807) is 0 Å². The maximum Gasteiger partial charge on any atom is 0.122 e. The molecule has 1 atom stereocenters. The van der Waals surface area contributed by atoms with Gasteiger partial charge in [0.25, 0.3) is 0 Å². The van der Waals surface area contributed by atoms with Crippen molar-refractivity contribution >= 4 is 11.6 Å².